The van der Waals surface area contributed by atoms with E-state index in [9.17, 15) is 0 Å². The Balaban J connectivity index is 2.87. The van der Waals surface area contributed by atoms with Gasteiger partial charge in [-0.05, 0) is 59.4 Å². The van der Waals surface area contributed by atoms with Gasteiger partial charge in [-0.15, -0.1) is 0 Å². The van der Waals surface area contributed by atoms with Crippen molar-refractivity contribution < 1.29 is 0 Å². The molecule has 1 rings (SSSR count). The Labute approximate surface area is 111 Å². The molecular weight excluding hydrogens is 224 g/mol. The van der Waals surface area contributed by atoms with E-state index in [0.29, 0.717) is 5.92 Å². The standard InChI is InChI=1S/C14H26N4/c1-10(8-15-4)7-13-11(2)16-14(9-18(5)6)17-12(13)3/h10,15H,7-9H2,1-6H3. The van der Waals surface area contributed by atoms with Crippen LogP contribution >= 0.6 is 0 Å². The van der Waals surface area contributed by atoms with Gasteiger partial charge >= 0.3 is 0 Å². The second-order valence-corrected chi connectivity index (χ2v) is 5.39. The lowest BCUT2D eigenvalue weighted by molar-refractivity contribution is 0.389. The van der Waals surface area contributed by atoms with E-state index in [1.54, 1.807) is 0 Å². The van der Waals surface area contributed by atoms with Crippen molar-refractivity contribution in [2.75, 3.05) is 27.7 Å². The molecule has 0 aromatic carbocycles. The van der Waals surface area contributed by atoms with Crippen LogP contribution < -0.4 is 5.32 Å². The molecule has 102 valence electrons. The summed E-state index contributed by atoms with van der Waals surface area (Å²) in [4.78, 5) is 11.3. The van der Waals surface area contributed by atoms with Crippen LogP contribution in [0.4, 0.5) is 0 Å². The van der Waals surface area contributed by atoms with Crippen molar-refractivity contribution in [3.8, 4) is 0 Å². The molecule has 1 heterocycles. The monoisotopic (exact) mass is 250 g/mol. The molecule has 0 saturated carbocycles. The number of rotatable bonds is 6. The van der Waals surface area contributed by atoms with Crippen LogP contribution in [0.2, 0.25) is 0 Å². The van der Waals surface area contributed by atoms with E-state index in [-0.39, 0.29) is 0 Å². The second-order valence-electron chi connectivity index (χ2n) is 5.39. The number of hydrogen-bond acceptors (Lipinski definition) is 4. The fourth-order valence-corrected chi connectivity index (χ4v) is 2.23. The molecule has 0 aliphatic rings. The van der Waals surface area contributed by atoms with Crippen molar-refractivity contribution >= 4 is 0 Å². The van der Waals surface area contributed by atoms with Gasteiger partial charge in [0.1, 0.15) is 5.82 Å². The quantitative estimate of drug-likeness (QED) is 0.832. The van der Waals surface area contributed by atoms with Crippen molar-refractivity contribution in [3.05, 3.63) is 22.8 Å². The summed E-state index contributed by atoms with van der Waals surface area (Å²) in [5, 5.41) is 3.22. The summed E-state index contributed by atoms with van der Waals surface area (Å²) in [6, 6.07) is 0. The summed E-state index contributed by atoms with van der Waals surface area (Å²) in [6.45, 7) is 8.26. The number of hydrogen-bond donors (Lipinski definition) is 1. The van der Waals surface area contributed by atoms with Gasteiger partial charge in [0.25, 0.3) is 0 Å². The first-order valence-corrected chi connectivity index (χ1v) is 6.56. The predicted molar refractivity (Wildman–Crippen MR) is 75.7 cm³/mol. The minimum Gasteiger partial charge on any atom is -0.319 e. The zero-order chi connectivity index (χ0) is 13.7. The number of aryl methyl sites for hydroxylation is 2. The molecule has 1 aromatic rings. The fraction of sp³-hybridized carbons (Fsp3) is 0.714. The molecule has 0 fully saturated rings. The lowest BCUT2D eigenvalue weighted by Crippen LogP contribution is -2.20. The summed E-state index contributed by atoms with van der Waals surface area (Å²) < 4.78 is 0. The molecule has 0 aliphatic carbocycles. The highest BCUT2D eigenvalue weighted by molar-refractivity contribution is 5.24. The van der Waals surface area contributed by atoms with Gasteiger partial charge in [-0.1, -0.05) is 6.92 Å². The molecule has 0 radical (unpaired) electrons. The Morgan fingerprint density at radius 2 is 1.72 bits per heavy atom. The van der Waals surface area contributed by atoms with E-state index in [4.69, 9.17) is 0 Å². The van der Waals surface area contributed by atoms with Crippen LogP contribution in [0, 0.1) is 19.8 Å². The molecule has 1 unspecified atom stereocenters. The Morgan fingerprint density at radius 1 is 1.17 bits per heavy atom. The molecule has 1 atom stereocenters. The zero-order valence-corrected chi connectivity index (χ0v) is 12.5. The Kier molecular flexibility index (Phi) is 5.69. The Bertz CT molecular complexity index is 364. The Hall–Kier alpha value is -1.00. The van der Waals surface area contributed by atoms with Crippen molar-refractivity contribution in [2.24, 2.45) is 5.92 Å². The number of nitrogens with zero attached hydrogens (tertiary/aromatic N) is 3. The summed E-state index contributed by atoms with van der Waals surface area (Å²) in [6.07, 6.45) is 1.04. The molecule has 4 heteroatoms. The van der Waals surface area contributed by atoms with Crippen LogP contribution in [0.1, 0.15) is 29.7 Å². The van der Waals surface area contributed by atoms with Crippen molar-refractivity contribution in [1.29, 1.82) is 0 Å². The van der Waals surface area contributed by atoms with Gasteiger partial charge in [-0.2, -0.15) is 0 Å². The zero-order valence-electron chi connectivity index (χ0n) is 12.5. The summed E-state index contributed by atoms with van der Waals surface area (Å²) in [5.74, 6) is 1.52. The highest BCUT2D eigenvalue weighted by Gasteiger charge is 2.12. The van der Waals surface area contributed by atoms with Gasteiger partial charge in [-0.3, -0.25) is 0 Å². The van der Waals surface area contributed by atoms with E-state index in [0.717, 1.165) is 36.7 Å². The topological polar surface area (TPSA) is 41.1 Å². The lowest BCUT2D eigenvalue weighted by Gasteiger charge is -2.16. The smallest absolute Gasteiger partial charge is 0.142 e. The fourth-order valence-electron chi connectivity index (χ4n) is 2.23. The van der Waals surface area contributed by atoms with E-state index in [2.05, 4.69) is 41.0 Å². The van der Waals surface area contributed by atoms with E-state index < -0.39 is 0 Å². The summed E-state index contributed by atoms with van der Waals surface area (Å²) in [7, 11) is 6.07. The normalized spacial score (nSPS) is 13.1. The van der Waals surface area contributed by atoms with Crippen molar-refractivity contribution in [3.63, 3.8) is 0 Å². The molecule has 0 spiro atoms. The number of nitrogens with one attached hydrogen (secondary N) is 1. The highest BCUT2D eigenvalue weighted by atomic mass is 15.1. The van der Waals surface area contributed by atoms with Gasteiger partial charge < -0.3 is 10.2 Å². The van der Waals surface area contributed by atoms with Crippen LogP contribution in [0.5, 0.6) is 0 Å². The van der Waals surface area contributed by atoms with Crippen molar-refractivity contribution in [1.82, 2.24) is 20.2 Å². The molecule has 0 aliphatic heterocycles. The predicted octanol–water partition coefficient (Wildman–Crippen LogP) is 1.55. The van der Waals surface area contributed by atoms with Gasteiger partial charge in [0.2, 0.25) is 0 Å². The summed E-state index contributed by atoms with van der Waals surface area (Å²) >= 11 is 0. The molecule has 0 bridgehead atoms. The SMILES string of the molecule is CNCC(C)Cc1c(C)nc(CN(C)C)nc1C. The average molecular weight is 250 g/mol. The molecule has 18 heavy (non-hydrogen) atoms. The van der Waals surface area contributed by atoms with Crippen LogP contribution in [-0.2, 0) is 13.0 Å². The first-order valence-electron chi connectivity index (χ1n) is 6.56. The van der Waals surface area contributed by atoms with Crippen LogP contribution in [-0.4, -0.2) is 42.6 Å². The van der Waals surface area contributed by atoms with E-state index >= 15 is 0 Å². The average Bonchev–Trinajstić information content (AvgIpc) is 2.23. The van der Waals surface area contributed by atoms with Gasteiger partial charge in [0.15, 0.2) is 0 Å². The van der Waals surface area contributed by atoms with E-state index in [1.165, 1.54) is 5.56 Å². The maximum atomic E-state index is 4.61. The third kappa shape index (κ3) is 4.35. The van der Waals surface area contributed by atoms with Gasteiger partial charge in [0.05, 0.1) is 6.54 Å². The maximum Gasteiger partial charge on any atom is 0.142 e. The van der Waals surface area contributed by atoms with Crippen LogP contribution in [0.3, 0.4) is 0 Å². The maximum absolute atomic E-state index is 4.61. The highest BCUT2D eigenvalue weighted by Crippen LogP contribution is 2.15. The van der Waals surface area contributed by atoms with Crippen LogP contribution in [0.15, 0.2) is 0 Å². The molecule has 0 saturated heterocycles. The van der Waals surface area contributed by atoms with E-state index in [1.807, 2.05) is 21.1 Å². The van der Waals surface area contributed by atoms with Crippen molar-refractivity contribution in [2.45, 2.75) is 33.7 Å². The lowest BCUT2D eigenvalue weighted by atomic mass is 9.99. The first-order chi connectivity index (χ1) is 8.43. The molecule has 1 N–H and O–H groups in total. The molecule has 1 aromatic heterocycles. The molecule has 4 nitrogen and oxygen atoms in total. The second kappa shape index (κ2) is 6.81. The minimum atomic E-state index is 0.607. The largest absolute Gasteiger partial charge is 0.319 e. The molecular formula is C14H26N4. The number of aromatic nitrogens is 2. The minimum absolute atomic E-state index is 0.607. The third-order valence-electron chi connectivity index (χ3n) is 3.03. The Morgan fingerprint density at radius 3 is 2.17 bits per heavy atom. The third-order valence-corrected chi connectivity index (χ3v) is 3.03. The van der Waals surface area contributed by atoms with Crippen LogP contribution in [0.25, 0.3) is 0 Å². The van der Waals surface area contributed by atoms with Gasteiger partial charge in [0, 0.05) is 11.4 Å². The molecule has 0 amide bonds. The van der Waals surface area contributed by atoms with Gasteiger partial charge in [-0.25, -0.2) is 9.97 Å². The first kappa shape index (κ1) is 15.1. The summed E-state index contributed by atoms with van der Waals surface area (Å²) in [5.41, 5.74) is 3.56.